The smallest absolute Gasteiger partial charge is 0.270 e. The van der Waals surface area contributed by atoms with Crippen LogP contribution in [0.4, 0.5) is 0 Å². The zero-order chi connectivity index (χ0) is 16.8. The molecule has 4 nitrogen and oxygen atoms in total. The monoisotopic (exact) mass is 338 g/mol. The van der Waals surface area contributed by atoms with Crippen molar-refractivity contribution in [1.29, 1.82) is 0 Å². The van der Waals surface area contributed by atoms with Crippen LogP contribution in [-0.2, 0) is 6.42 Å². The van der Waals surface area contributed by atoms with Gasteiger partial charge in [0.1, 0.15) is 16.5 Å². The lowest BCUT2D eigenvalue weighted by molar-refractivity contribution is 0.0950. The number of amides is 1. The average Bonchev–Trinajstić information content (AvgIpc) is 3.13. The van der Waals surface area contributed by atoms with Gasteiger partial charge in [0, 0.05) is 17.5 Å². The molecule has 0 aliphatic carbocycles. The highest BCUT2D eigenvalue weighted by Crippen LogP contribution is 2.23. The van der Waals surface area contributed by atoms with Crippen LogP contribution >= 0.6 is 11.3 Å². The van der Waals surface area contributed by atoms with Crippen molar-refractivity contribution in [3.8, 4) is 16.3 Å². The summed E-state index contributed by atoms with van der Waals surface area (Å²) in [7, 11) is 1.65. The van der Waals surface area contributed by atoms with Crippen LogP contribution in [0.5, 0.6) is 5.75 Å². The fraction of sp³-hybridized carbons (Fsp3) is 0.158. The molecule has 0 saturated heterocycles. The third kappa shape index (κ3) is 3.81. The number of carbonyl (C=O) groups excluding carboxylic acids is 1. The van der Waals surface area contributed by atoms with E-state index in [0.29, 0.717) is 18.7 Å². The molecule has 1 N–H and O–H groups in total. The van der Waals surface area contributed by atoms with Crippen LogP contribution in [0.15, 0.2) is 60.0 Å². The largest absolute Gasteiger partial charge is 0.496 e. The van der Waals surface area contributed by atoms with Crippen LogP contribution in [0.1, 0.15) is 16.1 Å². The molecule has 24 heavy (non-hydrogen) atoms. The zero-order valence-corrected chi connectivity index (χ0v) is 14.2. The summed E-state index contributed by atoms with van der Waals surface area (Å²) >= 11 is 1.47. The molecule has 1 aromatic heterocycles. The molecule has 5 heteroatoms. The first kappa shape index (κ1) is 16.2. The zero-order valence-electron chi connectivity index (χ0n) is 13.4. The molecule has 122 valence electrons. The molecular formula is C19H18N2O2S. The normalized spacial score (nSPS) is 10.4. The van der Waals surface area contributed by atoms with Crippen LogP contribution in [0.2, 0.25) is 0 Å². The van der Waals surface area contributed by atoms with Gasteiger partial charge < -0.3 is 10.1 Å². The van der Waals surface area contributed by atoms with Crippen molar-refractivity contribution < 1.29 is 9.53 Å². The van der Waals surface area contributed by atoms with Gasteiger partial charge in [0.05, 0.1) is 7.11 Å². The molecule has 0 radical (unpaired) electrons. The van der Waals surface area contributed by atoms with Gasteiger partial charge in [-0.2, -0.15) is 0 Å². The Bertz CT molecular complexity index is 815. The number of thiazole rings is 1. The molecule has 3 aromatic rings. The Labute approximate surface area is 145 Å². The molecule has 1 heterocycles. The van der Waals surface area contributed by atoms with Crippen molar-refractivity contribution >= 4 is 17.2 Å². The number of carbonyl (C=O) groups is 1. The van der Waals surface area contributed by atoms with Gasteiger partial charge >= 0.3 is 0 Å². The number of benzene rings is 2. The Morgan fingerprint density at radius 2 is 1.88 bits per heavy atom. The minimum Gasteiger partial charge on any atom is -0.496 e. The van der Waals surface area contributed by atoms with Crippen molar-refractivity contribution in [2.75, 3.05) is 13.7 Å². The van der Waals surface area contributed by atoms with E-state index < -0.39 is 0 Å². The van der Waals surface area contributed by atoms with Crippen LogP contribution in [0, 0.1) is 0 Å². The molecule has 2 aromatic carbocycles. The highest BCUT2D eigenvalue weighted by Gasteiger charge is 2.11. The molecule has 0 bridgehead atoms. The van der Waals surface area contributed by atoms with Gasteiger partial charge in [-0.15, -0.1) is 11.3 Å². The van der Waals surface area contributed by atoms with Gasteiger partial charge in [0.15, 0.2) is 0 Å². The van der Waals surface area contributed by atoms with Gasteiger partial charge in [-0.25, -0.2) is 4.98 Å². The first-order valence-corrected chi connectivity index (χ1v) is 8.57. The molecule has 1 amide bonds. The maximum Gasteiger partial charge on any atom is 0.270 e. The van der Waals surface area contributed by atoms with Crippen molar-refractivity contribution in [2.45, 2.75) is 6.42 Å². The number of nitrogens with one attached hydrogen (secondary N) is 1. The minimum absolute atomic E-state index is 0.150. The number of rotatable bonds is 6. The summed E-state index contributed by atoms with van der Waals surface area (Å²) in [6.45, 7) is 0.539. The third-order valence-electron chi connectivity index (χ3n) is 3.63. The van der Waals surface area contributed by atoms with E-state index in [2.05, 4.69) is 10.3 Å². The van der Waals surface area contributed by atoms with E-state index in [9.17, 15) is 4.79 Å². The Morgan fingerprint density at radius 3 is 2.67 bits per heavy atom. The molecule has 0 aliphatic rings. The van der Waals surface area contributed by atoms with Gasteiger partial charge in [0.2, 0.25) is 0 Å². The number of para-hydroxylation sites is 1. The lowest BCUT2D eigenvalue weighted by Gasteiger charge is -2.08. The number of ether oxygens (including phenoxy) is 1. The number of nitrogens with zero attached hydrogens (tertiary/aromatic N) is 1. The fourth-order valence-electron chi connectivity index (χ4n) is 2.40. The predicted octanol–water partition coefficient (Wildman–Crippen LogP) is 3.79. The van der Waals surface area contributed by atoms with E-state index in [4.69, 9.17) is 4.74 Å². The summed E-state index contributed by atoms with van der Waals surface area (Å²) < 4.78 is 5.32. The Morgan fingerprint density at radius 1 is 1.12 bits per heavy atom. The molecule has 0 unspecified atom stereocenters. The Kier molecular flexibility index (Phi) is 5.23. The Hall–Kier alpha value is -2.66. The predicted molar refractivity (Wildman–Crippen MR) is 96.6 cm³/mol. The van der Waals surface area contributed by atoms with Crippen LogP contribution in [0.3, 0.4) is 0 Å². The summed E-state index contributed by atoms with van der Waals surface area (Å²) in [5.41, 5.74) is 2.55. The molecule has 3 rings (SSSR count). The second-order valence-corrected chi connectivity index (χ2v) is 6.08. The maximum absolute atomic E-state index is 12.2. The van der Waals surface area contributed by atoms with E-state index in [1.807, 2.05) is 54.6 Å². The van der Waals surface area contributed by atoms with E-state index >= 15 is 0 Å². The quantitative estimate of drug-likeness (QED) is 0.744. The number of hydrogen-bond acceptors (Lipinski definition) is 4. The lowest BCUT2D eigenvalue weighted by atomic mass is 10.1. The van der Waals surface area contributed by atoms with Crippen LogP contribution < -0.4 is 10.1 Å². The van der Waals surface area contributed by atoms with E-state index in [1.54, 1.807) is 12.5 Å². The second-order valence-electron chi connectivity index (χ2n) is 5.22. The second kappa shape index (κ2) is 7.75. The number of aromatic nitrogens is 1. The van der Waals surface area contributed by atoms with Gasteiger partial charge in [-0.3, -0.25) is 4.79 Å². The molecule has 0 aliphatic heterocycles. The number of hydrogen-bond donors (Lipinski definition) is 1. The van der Waals surface area contributed by atoms with E-state index in [1.165, 1.54) is 11.3 Å². The maximum atomic E-state index is 12.2. The van der Waals surface area contributed by atoms with Crippen molar-refractivity contribution in [2.24, 2.45) is 0 Å². The summed E-state index contributed by atoms with van der Waals surface area (Å²) in [5, 5.41) is 5.56. The summed E-state index contributed by atoms with van der Waals surface area (Å²) in [4.78, 5) is 16.7. The van der Waals surface area contributed by atoms with Crippen LogP contribution in [-0.4, -0.2) is 24.5 Å². The minimum atomic E-state index is -0.150. The van der Waals surface area contributed by atoms with Crippen molar-refractivity contribution in [1.82, 2.24) is 10.3 Å². The van der Waals surface area contributed by atoms with Crippen molar-refractivity contribution in [3.63, 3.8) is 0 Å². The highest BCUT2D eigenvalue weighted by atomic mass is 32.1. The van der Waals surface area contributed by atoms with E-state index in [0.717, 1.165) is 21.9 Å². The fourth-order valence-corrected chi connectivity index (χ4v) is 3.21. The summed E-state index contributed by atoms with van der Waals surface area (Å²) in [6.07, 6.45) is 0.714. The average molecular weight is 338 g/mol. The molecule has 0 fully saturated rings. The molecular weight excluding hydrogens is 320 g/mol. The topological polar surface area (TPSA) is 51.2 Å². The number of methoxy groups -OCH3 is 1. The molecule has 0 spiro atoms. The van der Waals surface area contributed by atoms with Gasteiger partial charge in [0.25, 0.3) is 5.91 Å². The Balaban J connectivity index is 1.59. The molecule has 0 atom stereocenters. The van der Waals surface area contributed by atoms with Crippen LogP contribution in [0.25, 0.3) is 10.6 Å². The molecule has 0 saturated carbocycles. The first-order valence-electron chi connectivity index (χ1n) is 7.69. The summed E-state index contributed by atoms with van der Waals surface area (Å²) in [6, 6.07) is 17.7. The van der Waals surface area contributed by atoms with Crippen molar-refractivity contribution in [3.05, 3.63) is 71.2 Å². The van der Waals surface area contributed by atoms with Gasteiger partial charge in [-0.1, -0.05) is 48.5 Å². The first-order chi connectivity index (χ1) is 11.8. The van der Waals surface area contributed by atoms with E-state index in [-0.39, 0.29) is 5.91 Å². The highest BCUT2D eigenvalue weighted by molar-refractivity contribution is 7.13. The van der Waals surface area contributed by atoms with Gasteiger partial charge in [-0.05, 0) is 18.1 Å². The lowest BCUT2D eigenvalue weighted by Crippen LogP contribution is -2.26. The summed E-state index contributed by atoms with van der Waals surface area (Å²) in [5.74, 6) is 0.690. The SMILES string of the molecule is COc1ccccc1CCNC(=O)c1csc(-c2ccccc2)n1. The third-order valence-corrected chi connectivity index (χ3v) is 4.52. The standard InChI is InChI=1S/C19H18N2O2S/c1-23-17-10-6-5-7-14(17)11-12-20-18(22)16-13-24-19(21-16)15-8-3-2-4-9-15/h2-10,13H,11-12H2,1H3,(H,20,22).